The maximum atomic E-state index is 13.0. The van der Waals surface area contributed by atoms with E-state index in [2.05, 4.69) is 5.10 Å². The first-order valence-electron chi connectivity index (χ1n) is 6.21. The van der Waals surface area contributed by atoms with Crippen LogP contribution in [0.5, 0.6) is 0 Å². The molecule has 1 aromatic carbocycles. The van der Waals surface area contributed by atoms with Gasteiger partial charge in [0.15, 0.2) is 0 Å². The van der Waals surface area contributed by atoms with Crippen molar-refractivity contribution in [2.45, 2.75) is 31.4 Å². The normalized spacial score (nSPS) is 22.3. The molecule has 1 aliphatic rings. The van der Waals surface area contributed by atoms with E-state index in [9.17, 15) is 36.2 Å². The van der Waals surface area contributed by atoms with Gasteiger partial charge in [-0.05, 0) is 19.1 Å². The summed E-state index contributed by atoms with van der Waals surface area (Å²) in [7, 11) is 0. The summed E-state index contributed by atoms with van der Waals surface area (Å²) in [5, 5.41) is 11.8. The second kappa shape index (κ2) is 5.22. The first-order chi connectivity index (χ1) is 10.4. The first kappa shape index (κ1) is 17.3. The Kier molecular flexibility index (Phi) is 3.92. The highest BCUT2D eigenvalue weighted by Gasteiger charge is 2.66. The van der Waals surface area contributed by atoms with Gasteiger partial charge in [-0.15, -0.1) is 0 Å². The molecular weight excluding hydrogens is 330 g/mol. The van der Waals surface area contributed by atoms with Crippen LogP contribution >= 0.6 is 0 Å². The van der Waals surface area contributed by atoms with E-state index in [1.165, 1.54) is 12.1 Å². The summed E-state index contributed by atoms with van der Waals surface area (Å²) in [5.74, 6) is -1.48. The fourth-order valence-electron chi connectivity index (χ4n) is 2.04. The van der Waals surface area contributed by atoms with Crippen LogP contribution in [-0.4, -0.2) is 39.8 Å². The summed E-state index contributed by atoms with van der Waals surface area (Å²) in [6.45, 7) is 1.54. The fraction of sp³-hybridized carbons (Fsp3) is 0.385. The number of aryl methyl sites for hydroxylation is 1. The Bertz CT molecular complexity index is 667. The maximum Gasteiger partial charge on any atom is 0.438 e. The van der Waals surface area contributed by atoms with Crippen molar-refractivity contribution in [2.75, 3.05) is 0 Å². The molecule has 0 fully saturated rings. The van der Waals surface area contributed by atoms with Gasteiger partial charge in [0.05, 0.1) is 6.42 Å². The van der Waals surface area contributed by atoms with Crippen LogP contribution < -0.4 is 0 Å². The SMILES string of the molecule is Cc1cccc(C(=O)N2N=C(C(F)(F)F)C[C@]2(O)C(F)(F)F)c1. The third kappa shape index (κ3) is 3.03. The molecule has 1 aliphatic heterocycles. The van der Waals surface area contributed by atoms with Crippen molar-refractivity contribution in [3.63, 3.8) is 0 Å². The molecule has 0 spiro atoms. The number of carbonyl (C=O) groups is 1. The minimum Gasteiger partial charge on any atom is -0.362 e. The highest BCUT2D eigenvalue weighted by atomic mass is 19.4. The lowest BCUT2D eigenvalue weighted by Crippen LogP contribution is -2.56. The van der Waals surface area contributed by atoms with Crippen molar-refractivity contribution in [3.05, 3.63) is 35.4 Å². The summed E-state index contributed by atoms with van der Waals surface area (Å²) >= 11 is 0. The number of hydrazone groups is 1. The summed E-state index contributed by atoms with van der Waals surface area (Å²) in [4.78, 5) is 12.1. The van der Waals surface area contributed by atoms with E-state index in [0.29, 0.717) is 5.56 Å². The molecule has 0 aliphatic carbocycles. The van der Waals surface area contributed by atoms with Crippen LogP contribution in [0, 0.1) is 6.92 Å². The van der Waals surface area contributed by atoms with Crippen molar-refractivity contribution in [1.82, 2.24) is 5.01 Å². The van der Waals surface area contributed by atoms with Gasteiger partial charge >= 0.3 is 12.4 Å². The van der Waals surface area contributed by atoms with Crippen LogP contribution in [0.25, 0.3) is 0 Å². The van der Waals surface area contributed by atoms with E-state index < -0.39 is 41.1 Å². The molecule has 126 valence electrons. The molecule has 1 aromatic rings. The second-order valence-corrected chi connectivity index (χ2v) is 5.02. The Morgan fingerprint density at radius 3 is 2.35 bits per heavy atom. The van der Waals surface area contributed by atoms with E-state index in [-0.39, 0.29) is 5.56 Å². The number of nitrogens with zero attached hydrogens (tertiary/aromatic N) is 2. The topological polar surface area (TPSA) is 52.9 Å². The minimum atomic E-state index is -5.51. The van der Waals surface area contributed by atoms with Gasteiger partial charge < -0.3 is 5.11 Å². The Balaban J connectivity index is 2.50. The van der Waals surface area contributed by atoms with Crippen LogP contribution in [-0.2, 0) is 0 Å². The molecule has 0 unspecified atom stereocenters. The van der Waals surface area contributed by atoms with Crippen LogP contribution in [0.15, 0.2) is 29.4 Å². The molecule has 0 bridgehead atoms. The molecule has 0 aromatic heterocycles. The van der Waals surface area contributed by atoms with Gasteiger partial charge in [-0.3, -0.25) is 4.79 Å². The zero-order valence-electron chi connectivity index (χ0n) is 11.5. The summed E-state index contributed by atoms with van der Waals surface area (Å²) in [5.41, 5.74) is -5.73. The lowest BCUT2D eigenvalue weighted by atomic mass is 10.0. The molecule has 0 saturated carbocycles. The number of alkyl halides is 6. The molecule has 1 amide bonds. The molecule has 0 saturated heterocycles. The average Bonchev–Trinajstić information content (AvgIpc) is 2.77. The lowest BCUT2D eigenvalue weighted by molar-refractivity contribution is -0.297. The van der Waals surface area contributed by atoms with Gasteiger partial charge in [0.1, 0.15) is 5.71 Å². The highest BCUT2D eigenvalue weighted by molar-refractivity contribution is 5.99. The van der Waals surface area contributed by atoms with E-state index in [1.54, 1.807) is 13.0 Å². The fourth-order valence-corrected chi connectivity index (χ4v) is 2.04. The van der Waals surface area contributed by atoms with Crippen LogP contribution in [0.3, 0.4) is 0 Å². The number of rotatable bonds is 1. The zero-order chi connectivity index (χ0) is 17.6. The zero-order valence-corrected chi connectivity index (χ0v) is 11.5. The van der Waals surface area contributed by atoms with Gasteiger partial charge in [0.2, 0.25) is 0 Å². The molecule has 2 rings (SSSR count). The summed E-state index contributed by atoms with van der Waals surface area (Å²) < 4.78 is 77.0. The van der Waals surface area contributed by atoms with Gasteiger partial charge in [-0.2, -0.15) is 36.5 Å². The van der Waals surface area contributed by atoms with E-state index in [4.69, 9.17) is 0 Å². The summed E-state index contributed by atoms with van der Waals surface area (Å²) in [6, 6.07) is 5.19. The predicted octanol–water partition coefficient (Wildman–Crippen LogP) is 3.01. The minimum absolute atomic E-state index is 0.320. The van der Waals surface area contributed by atoms with Gasteiger partial charge in [0, 0.05) is 5.56 Å². The Labute approximate surface area is 126 Å². The molecule has 0 radical (unpaired) electrons. The average molecular weight is 340 g/mol. The number of hydrogen-bond acceptors (Lipinski definition) is 3. The quantitative estimate of drug-likeness (QED) is 0.799. The third-order valence-corrected chi connectivity index (χ3v) is 3.22. The van der Waals surface area contributed by atoms with Crippen LogP contribution in [0.4, 0.5) is 26.3 Å². The number of hydrogen-bond donors (Lipinski definition) is 1. The largest absolute Gasteiger partial charge is 0.438 e. The molecule has 1 atom stereocenters. The molecule has 4 nitrogen and oxygen atoms in total. The number of carbonyl (C=O) groups excluding carboxylic acids is 1. The second-order valence-electron chi connectivity index (χ2n) is 5.02. The van der Waals surface area contributed by atoms with Crippen LogP contribution in [0.2, 0.25) is 0 Å². The predicted molar refractivity (Wildman–Crippen MR) is 66.5 cm³/mol. The number of amides is 1. The van der Waals surface area contributed by atoms with E-state index in [0.717, 1.165) is 6.07 Å². The lowest BCUT2D eigenvalue weighted by Gasteiger charge is -2.32. The van der Waals surface area contributed by atoms with Crippen molar-refractivity contribution in [1.29, 1.82) is 0 Å². The summed E-state index contributed by atoms with van der Waals surface area (Å²) in [6.07, 6.45) is -12.6. The molecular formula is C13H10F6N2O2. The van der Waals surface area contributed by atoms with Crippen molar-refractivity contribution in [2.24, 2.45) is 5.10 Å². The number of aliphatic hydroxyl groups is 1. The monoisotopic (exact) mass is 340 g/mol. The molecule has 1 heterocycles. The molecule has 10 heteroatoms. The maximum absolute atomic E-state index is 13.0. The number of benzene rings is 1. The van der Waals surface area contributed by atoms with Gasteiger partial charge in [-0.25, -0.2) is 0 Å². The van der Waals surface area contributed by atoms with Crippen LogP contribution in [0.1, 0.15) is 22.3 Å². The molecule has 23 heavy (non-hydrogen) atoms. The highest BCUT2D eigenvalue weighted by Crippen LogP contribution is 2.43. The van der Waals surface area contributed by atoms with Crippen molar-refractivity contribution in [3.8, 4) is 0 Å². The Hall–Kier alpha value is -2.10. The van der Waals surface area contributed by atoms with Gasteiger partial charge in [-0.1, -0.05) is 17.7 Å². The Morgan fingerprint density at radius 1 is 1.26 bits per heavy atom. The standard InChI is InChI=1S/C13H10F6N2O2/c1-7-3-2-4-8(5-7)10(22)21-11(23,13(17,18)19)6-9(20-21)12(14,15)16/h2-5,23H,6H2,1H3/t11-/m0/s1. The van der Waals surface area contributed by atoms with E-state index in [1.807, 2.05) is 0 Å². The first-order valence-corrected chi connectivity index (χ1v) is 6.21. The van der Waals surface area contributed by atoms with Crippen molar-refractivity contribution < 1.29 is 36.2 Å². The van der Waals surface area contributed by atoms with Gasteiger partial charge in [0.25, 0.3) is 11.6 Å². The van der Waals surface area contributed by atoms with E-state index >= 15 is 0 Å². The Morgan fingerprint density at radius 2 is 1.87 bits per heavy atom. The van der Waals surface area contributed by atoms with Crippen molar-refractivity contribution >= 4 is 11.6 Å². The third-order valence-electron chi connectivity index (χ3n) is 3.22. The molecule has 1 N–H and O–H groups in total. The smallest absolute Gasteiger partial charge is 0.362 e. The number of halogens is 6.